The van der Waals surface area contributed by atoms with Crippen molar-refractivity contribution in [1.82, 2.24) is 0 Å². The summed E-state index contributed by atoms with van der Waals surface area (Å²) >= 11 is 0. The monoisotopic (exact) mass is 440 g/mol. The van der Waals surface area contributed by atoms with Gasteiger partial charge in [-0.25, -0.2) is 0 Å². The van der Waals surface area contributed by atoms with Crippen molar-refractivity contribution in [3.05, 3.63) is 0 Å². The van der Waals surface area contributed by atoms with Crippen molar-refractivity contribution in [3.8, 4) is 0 Å². The minimum atomic E-state index is -1.25. The number of carbonyl (C=O) groups is 2. The molecule has 0 bridgehead atoms. The molecule has 0 aliphatic heterocycles. The predicted octanol–water partition coefficient (Wildman–Crippen LogP) is 6.71. The Morgan fingerprint density at radius 2 is 1.23 bits per heavy atom. The van der Waals surface area contributed by atoms with Gasteiger partial charge in [0, 0.05) is 5.41 Å². The molecule has 0 aromatic carbocycles. The molecule has 2 atom stereocenters. The van der Waals surface area contributed by atoms with Crippen LogP contribution in [0.3, 0.4) is 0 Å². The van der Waals surface area contributed by atoms with Crippen LogP contribution in [0.2, 0.25) is 24.2 Å². The minimum absolute atomic E-state index is 0.181. The summed E-state index contributed by atoms with van der Waals surface area (Å²) in [6, 6.07) is 5.32. The summed E-state index contributed by atoms with van der Waals surface area (Å²) in [6.07, 6.45) is 1.94. The van der Waals surface area contributed by atoms with Crippen LogP contribution in [0.1, 0.15) is 82.1 Å². The number of esters is 2. The van der Waals surface area contributed by atoms with Crippen molar-refractivity contribution >= 4 is 20.0 Å². The highest BCUT2D eigenvalue weighted by atomic mass is 28.3. The van der Waals surface area contributed by atoms with Crippen LogP contribution in [0.25, 0.3) is 0 Å². The molecule has 30 heavy (non-hydrogen) atoms. The van der Waals surface area contributed by atoms with E-state index in [1.807, 2.05) is 41.5 Å². The highest BCUT2D eigenvalue weighted by Crippen LogP contribution is 2.50. The van der Waals surface area contributed by atoms with Crippen LogP contribution in [0.15, 0.2) is 0 Å². The van der Waals surface area contributed by atoms with Gasteiger partial charge < -0.3 is 9.47 Å². The van der Waals surface area contributed by atoms with E-state index in [1.54, 1.807) is 0 Å². The summed E-state index contributed by atoms with van der Waals surface area (Å²) in [4.78, 5) is 24.9. The van der Waals surface area contributed by atoms with Crippen molar-refractivity contribution in [2.24, 2.45) is 28.1 Å². The second kappa shape index (κ2) is 10.2. The maximum Gasteiger partial charge on any atom is 0.311 e. The van der Waals surface area contributed by atoms with Crippen LogP contribution in [-0.2, 0) is 19.1 Å². The fraction of sp³-hybridized carbons (Fsp3) is 0.920. The lowest BCUT2D eigenvalue weighted by molar-refractivity contribution is -0.164. The second-order valence-corrected chi connectivity index (χ2v) is 17.6. The van der Waals surface area contributed by atoms with Gasteiger partial charge in [-0.2, -0.15) is 0 Å². The Bertz CT molecular complexity index is 543. The van der Waals surface area contributed by atoms with E-state index in [1.165, 1.54) is 24.2 Å². The van der Waals surface area contributed by atoms with E-state index in [0.29, 0.717) is 25.0 Å². The van der Waals surface area contributed by atoms with Crippen LogP contribution >= 0.6 is 0 Å². The van der Waals surface area contributed by atoms with E-state index >= 15 is 0 Å². The lowest BCUT2D eigenvalue weighted by Gasteiger charge is -2.34. The van der Waals surface area contributed by atoms with Crippen LogP contribution < -0.4 is 0 Å². The van der Waals surface area contributed by atoms with Crippen molar-refractivity contribution in [3.63, 3.8) is 0 Å². The van der Waals surface area contributed by atoms with E-state index < -0.39 is 18.9 Å². The first-order chi connectivity index (χ1) is 13.6. The number of rotatable bonds is 9. The maximum atomic E-state index is 12.5. The molecule has 0 N–H and O–H groups in total. The molecule has 1 saturated carbocycles. The third-order valence-corrected chi connectivity index (χ3v) is 13.3. The molecule has 0 heterocycles. The molecule has 1 rings (SSSR count). The van der Waals surface area contributed by atoms with Gasteiger partial charge >= 0.3 is 11.9 Å². The molecule has 4 nitrogen and oxygen atoms in total. The Hall–Kier alpha value is -0.843. The number of carbonyl (C=O) groups excluding carboxylic acids is 2. The van der Waals surface area contributed by atoms with E-state index in [4.69, 9.17) is 9.47 Å². The van der Waals surface area contributed by atoms with Gasteiger partial charge in [-0.1, -0.05) is 51.9 Å². The highest BCUT2D eigenvalue weighted by Gasteiger charge is 2.48. The Labute approximate surface area is 186 Å². The molecule has 1 fully saturated rings. The first-order valence-corrected chi connectivity index (χ1v) is 14.8. The van der Waals surface area contributed by atoms with Crippen molar-refractivity contribution in [1.29, 1.82) is 0 Å². The zero-order valence-electron chi connectivity index (χ0n) is 21.4. The molecule has 5 heteroatoms. The molecule has 176 valence electrons. The molecule has 0 radical (unpaired) electrons. The predicted molar refractivity (Wildman–Crippen MR) is 127 cm³/mol. The standard InChI is InChI=1S/C25H48O4Si/c1-11-30(12-2,13-3)16-20-15-25(14-19(20)4,17-28-21(26)23(5,6)7)18-29-22(27)24(8,9)10/h19-20H,11-18H2,1-10H3/t19-,20+/m1/s1. The summed E-state index contributed by atoms with van der Waals surface area (Å²) in [7, 11) is -1.25. The minimum Gasteiger partial charge on any atom is -0.465 e. The van der Waals surface area contributed by atoms with Crippen molar-refractivity contribution in [2.45, 2.75) is 106 Å². The number of ether oxygens (including phenoxy) is 2. The SMILES string of the molecule is CC[Si](CC)(CC)C[C@@H]1CC(COC(=O)C(C)(C)C)(COC(=O)C(C)(C)C)C[C@H]1C. The maximum absolute atomic E-state index is 12.5. The normalized spacial score (nSPS) is 22.1. The molecule has 1 aliphatic carbocycles. The van der Waals surface area contributed by atoms with Gasteiger partial charge in [-0.3, -0.25) is 9.59 Å². The van der Waals surface area contributed by atoms with Gasteiger partial charge in [0.2, 0.25) is 0 Å². The van der Waals surface area contributed by atoms with Crippen LogP contribution in [-0.4, -0.2) is 33.2 Å². The Balaban J connectivity index is 3.03. The summed E-state index contributed by atoms with van der Waals surface area (Å²) < 4.78 is 11.6. The lowest BCUT2D eigenvalue weighted by atomic mass is 9.86. The van der Waals surface area contributed by atoms with Crippen LogP contribution in [0.4, 0.5) is 0 Å². The topological polar surface area (TPSA) is 52.6 Å². The Kier molecular flexibility index (Phi) is 9.23. The summed E-state index contributed by atoms with van der Waals surface area (Å²) in [5.41, 5.74) is -1.32. The molecule has 0 spiro atoms. The van der Waals surface area contributed by atoms with E-state index in [0.717, 1.165) is 12.8 Å². The molecule has 0 unspecified atom stereocenters. The molecule has 0 amide bonds. The first-order valence-electron chi connectivity index (χ1n) is 12.0. The second-order valence-electron chi connectivity index (χ2n) is 12.1. The lowest BCUT2D eigenvalue weighted by Crippen LogP contribution is -2.37. The zero-order chi connectivity index (χ0) is 23.4. The van der Waals surface area contributed by atoms with Gasteiger partial charge in [-0.15, -0.1) is 0 Å². The summed E-state index contributed by atoms with van der Waals surface area (Å²) in [6.45, 7) is 21.4. The van der Waals surface area contributed by atoms with Crippen molar-refractivity contribution < 1.29 is 19.1 Å². The van der Waals surface area contributed by atoms with Crippen LogP contribution in [0, 0.1) is 28.1 Å². The van der Waals surface area contributed by atoms with Gasteiger partial charge in [0.05, 0.1) is 18.9 Å². The quantitative estimate of drug-likeness (QED) is 0.295. The average Bonchev–Trinajstić information content (AvgIpc) is 2.96. The summed E-state index contributed by atoms with van der Waals surface area (Å²) in [5.74, 6) is 0.820. The largest absolute Gasteiger partial charge is 0.465 e. The third-order valence-electron chi connectivity index (χ3n) is 7.44. The number of hydrogen-bond donors (Lipinski definition) is 0. The molecule has 0 aromatic heterocycles. The first kappa shape index (κ1) is 27.2. The van der Waals surface area contributed by atoms with Crippen LogP contribution in [0.5, 0.6) is 0 Å². The fourth-order valence-electron chi connectivity index (χ4n) is 4.85. The van der Waals surface area contributed by atoms with E-state index in [9.17, 15) is 9.59 Å². The zero-order valence-corrected chi connectivity index (χ0v) is 22.4. The molecule has 1 aliphatic rings. The highest BCUT2D eigenvalue weighted by molar-refractivity contribution is 6.79. The van der Waals surface area contributed by atoms with Crippen molar-refractivity contribution in [2.75, 3.05) is 13.2 Å². The average molecular weight is 441 g/mol. The molecular formula is C25H48O4Si. The fourth-order valence-corrected chi connectivity index (χ4v) is 8.88. The van der Waals surface area contributed by atoms with E-state index in [-0.39, 0.29) is 17.4 Å². The van der Waals surface area contributed by atoms with Gasteiger partial charge in [0.25, 0.3) is 0 Å². The summed E-state index contributed by atoms with van der Waals surface area (Å²) in [5, 5.41) is 0. The van der Waals surface area contributed by atoms with Gasteiger partial charge in [0.1, 0.15) is 13.2 Å². The van der Waals surface area contributed by atoms with Gasteiger partial charge in [0.15, 0.2) is 0 Å². The number of hydrogen-bond acceptors (Lipinski definition) is 4. The molecule has 0 saturated heterocycles. The molecule has 0 aromatic rings. The third kappa shape index (κ3) is 7.10. The smallest absolute Gasteiger partial charge is 0.311 e. The van der Waals surface area contributed by atoms with E-state index in [2.05, 4.69) is 27.7 Å². The Morgan fingerprint density at radius 3 is 1.57 bits per heavy atom. The molecular weight excluding hydrogens is 392 g/mol. The Morgan fingerprint density at radius 1 is 0.833 bits per heavy atom. The van der Waals surface area contributed by atoms with Gasteiger partial charge in [-0.05, 0) is 66.2 Å².